The van der Waals surface area contributed by atoms with Gasteiger partial charge >= 0.3 is 6.18 Å². The van der Waals surface area contributed by atoms with E-state index in [2.05, 4.69) is 6.58 Å². The van der Waals surface area contributed by atoms with E-state index in [-0.39, 0.29) is 0 Å². The predicted octanol–water partition coefficient (Wildman–Crippen LogP) is 3.90. The summed E-state index contributed by atoms with van der Waals surface area (Å²) >= 11 is 0. The highest BCUT2D eigenvalue weighted by Crippen LogP contribution is 2.29. The summed E-state index contributed by atoms with van der Waals surface area (Å²) in [6, 6.07) is 5.13. The van der Waals surface area contributed by atoms with Crippen LogP contribution >= 0.6 is 0 Å². The van der Waals surface area contributed by atoms with Crippen molar-refractivity contribution in [2.45, 2.75) is 6.18 Å². The van der Waals surface area contributed by atoms with Gasteiger partial charge < -0.3 is 0 Å². The third-order valence-electron chi connectivity index (χ3n) is 1.64. The van der Waals surface area contributed by atoms with Gasteiger partial charge in [-0.05, 0) is 17.7 Å². The zero-order valence-electron chi connectivity index (χ0n) is 7.38. The van der Waals surface area contributed by atoms with E-state index in [0.717, 1.165) is 12.1 Å². The minimum absolute atomic E-state index is 0.514. The molecule has 0 bridgehead atoms. The molecule has 0 atom stereocenters. The molecule has 0 heterocycles. The van der Waals surface area contributed by atoms with Crippen molar-refractivity contribution in [1.29, 1.82) is 0 Å². The highest BCUT2D eigenvalue weighted by molar-refractivity contribution is 5.52. The number of hydrogen-bond acceptors (Lipinski definition) is 0. The molecule has 1 aromatic rings. The van der Waals surface area contributed by atoms with Crippen molar-refractivity contribution in [3.8, 4) is 0 Å². The van der Waals surface area contributed by atoms with E-state index in [9.17, 15) is 13.2 Å². The molecule has 1 aromatic carbocycles. The Bertz CT molecular complexity index is 348. The van der Waals surface area contributed by atoms with Crippen molar-refractivity contribution in [1.82, 2.24) is 0 Å². The summed E-state index contributed by atoms with van der Waals surface area (Å²) in [5.41, 5.74) is -0.122. The molecule has 0 aliphatic heterocycles. The SMILES string of the molecule is C=CC=Cc1cccc(C(F)(F)F)c1. The van der Waals surface area contributed by atoms with Crippen LogP contribution in [0, 0.1) is 0 Å². The Morgan fingerprint density at radius 2 is 1.93 bits per heavy atom. The summed E-state index contributed by atoms with van der Waals surface area (Å²) in [5, 5.41) is 0. The Morgan fingerprint density at radius 3 is 2.50 bits per heavy atom. The lowest BCUT2D eigenvalue weighted by Gasteiger charge is -2.06. The Hall–Kier alpha value is -1.51. The van der Waals surface area contributed by atoms with Gasteiger partial charge in [-0.1, -0.05) is 36.9 Å². The van der Waals surface area contributed by atoms with Crippen LogP contribution in [-0.4, -0.2) is 0 Å². The second-order valence-electron chi connectivity index (χ2n) is 2.72. The molecule has 1 rings (SSSR count). The van der Waals surface area contributed by atoms with Crippen LogP contribution < -0.4 is 0 Å². The van der Waals surface area contributed by atoms with Crippen LogP contribution in [0.1, 0.15) is 11.1 Å². The van der Waals surface area contributed by atoms with Gasteiger partial charge in [-0.3, -0.25) is 0 Å². The summed E-state index contributed by atoms with van der Waals surface area (Å²) < 4.78 is 36.7. The first-order chi connectivity index (χ1) is 6.54. The van der Waals surface area contributed by atoms with Gasteiger partial charge in [0.1, 0.15) is 0 Å². The van der Waals surface area contributed by atoms with Gasteiger partial charge in [0.15, 0.2) is 0 Å². The molecule has 14 heavy (non-hydrogen) atoms. The molecule has 0 N–H and O–H groups in total. The summed E-state index contributed by atoms with van der Waals surface area (Å²) in [7, 11) is 0. The summed E-state index contributed by atoms with van der Waals surface area (Å²) in [5.74, 6) is 0. The zero-order chi connectivity index (χ0) is 10.6. The van der Waals surface area contributed by atoms with Gasteiger partial charge in [-0.2, -0.15) is 13.2 Å². The molecular weight excluding hydrogens is 189 g/mol. The van der Waals surface area contributed by atoms with Gasteiger partial charge in [0.05, 0.1) is 5.56 Å². The van der Waals surface area contributed by atoms with E-state index < -0.39 is 11.7 Å². The number of allylic oxidation sites excluding steroid dienone is 2. The van der Waals surface area contributed by atoms with E-state index in [1.807, 2.05) is 0 Å². The van der Waals surface area contributed by atoms with Gasteiger partial charge in [0.2, 0.25) is 0 Å². The number of rotatable bonds is 2. The first-order valence-electron chi connectivity index (χ1n) is 4.00. The standard InChI is InChI=1S/C11H9F3/c1-2-3-5-9-6-4-7-10(8-9)11(12,13)14/h2-8H,1H2. The molecule has 0 saturated heterocycles. The summed E-state index contributed by atoms with van der Waals surface area (Å²) in [4.78, 5) is 0. The van der Waals surface area contributed by atoms with Crippen LogP contribution in [0.5, 0.6) is 0 Å². The van der Waals surface area contributed by atoms with Crippen LogP contribution in [0.2, 0.25) is 0 Å². The van der Waals surface area contributed by atoms with Crippen molar-refractivity contribution in [3.05, 3.63) is 54.1 Å². The van der Waals surface area contributed by atoms with Crippen molar-refractivity contribution in [2.75, 3.05) is 0 Å². The first kappa shape index (κ1) is 10.6. The lowest BCUT2D eigenvalue weighted by Crippen LogP contribution is -2.04. The van der Waals surface area contributed by atoms with Gasteiger partial charge in [-0.25, -0.2) is 0 Å². The molecule has 0 nitrogen and oxygen atoms in total. The van der Waals surface area contributed by atoms with E-state index in [0.29, 0.717) is 5.56 Å². The van der Waals surface area contributed by atoms with Crippen molar-refractivity contribution < 1.29 is 13.2 Å². The number of halogens is 3. The fourth-order valence-electron chi connectivity index (χ4n) is 0.998. The Kier molecular flexibility index (Phi) is 3.12. The zero-order valence-corrected chi connectivity index (χ0v) is 7.38. The van der Waals surface area contributed by atoms with Crippen LogP contribution in [-0.2, 0) is 6.18 Å². The monoisotopic (exact) mass is 198 g/mol. The Labute approximate surface area is 80.4 Å². The molecule has 0 aromatic heterocycles. The number of benzene rings is 1. The number of hydrogen-bond donors (Lipinski definition) is 0. The maximum atomic E-state index is 12.2. The van der Waals surface area contributed by atoms with E-state index in [1.165, 1.54) is 12.1 Å². The average Bonchev–Trinajstić information content (AvgIpc) is 2.14. The van der Waals surface area contributed by atoms with Crippen LogP contribution in [0.15, 0.2) is 43.0 Å². The third-order valence-corrected chi connectivity index (χ3v) is 1.64. The maximum absolute atomic E-state index is 12.2. The second-order valence-corrected chi connectivity index (χ2v) is 2.72. The highest BCUT2D eigenvalue weighted by Gasteiger charge is 2.30. The van der Waals surface area contributed by atoms with Gasteiger partial charge in [0.25, 0.3) is 0 Å². The second kappa shape index (κ2) is 4.13. The molecule has 0 spiro atoms. The fourth-order valence-corrected chi connectivity index (χ4v) is 0.998. The third kappa shape index (κ3) is 2.76. The molecule has 0 unspecified atom stereocenters. The lowest BCUT2D eigenvalue weighted by atomic mass is 10.1. The maximum Gasteiger partial charge on any atom is 0.416 e. The Balaban J connectivity index is 3.01. The van der Waals surface area contributed by atoms with E-state index >= 15 is 0 Å². The highest BCUT2D eigenvalue weighted by atomic mass is 19.4. The quantitative estimate of drug-likeness (QED) is 0.632. The van der Waals surface area contributed by atoms with Crippen LogP contribution in [0.25, 0.3) is 6.08 Å². The molecule has 3 heteroatoms. The largest absolute Gasteiger partial charge is 0.416 e. The minimum atomic E-state index is -4.28. The predicted molar refractivity (Wildman–Crippen MR) is 50.7 cm³/mol. The summed E-state index contributed by atoms with van der Waals surface area (Å²) in [6.45, 7) is 3.44. The topological polar surface area (TPSA) is 0 Å². The molecular formula is C11H9F3. The number of alkyl halides is 3. The van der Waals surface area contributed by atoms with Crippen LogP contribution in [0.4, 0.5) is 13.2 Å². The first-order valence-corrected chi connectivity index (χ1v) is 4.00. The normalized spacial score (nSPS) is 11.9. The fraction of sp³-hybridized carbons (Fsp3) is 0.0909. The van der Waals surface area contributed by atoms with Crippen LogP contribution in [0.3, 0.4) is 0 Å². The van der Waals surface area contributed by atoms with E-state index in [4.69, 9.17) is 0 Å². The van der Waals surface area contributed by atoms with E-state index in [1.54, 1.807) is 18.2 Å². The molecule has 0 saturated carbocycles. The van der Waals surface area contributed by atoms with Gasteiger partial charge in [0, 0.05) is 0 Å². The minimum Gasteiger partial charge on any atom is -0.166 e. The smallest absolute Gasteiger partial charge is 0.166 e. The van der Waals surface area contributed by atoms with Crippen molar-refractivity contribution in [2.24, 2.45) is 0 Å². The van der Waals surface area contributed by atoms with Crippen molar-refractivity contribution >= 4 is 6.08 Å². The molecule has 0 radical (unpaired) electrons. The van der Waals surface area contributed by atoms with Gasteiger partial charge in [-0.15, -0.1) is 0 Å². The molecule has 0 aliphatic rings. The summed E-state index contributed by atoms with van der Waals surface area (Å²) in [6.07, 6.45) is 0.399. The molecule has 0 amide bonds. The molecule has 0 aliphatic carbocycles. The Morgan fingerprint density at radius 1 is 1.21 bits per heavy atom. The molecule has 74 valence electrons. The lowest BCUT2D eigenvalue weighted by molar-refractivity contribution is -0.137. The average molecular weight is 198 g/mol. The van der Waals surface area contributed by atoms with Crippen molar-refractivity contribution in [3.63, 3.8) is 0 Å². The molecule has 0 fully saturated rings.